The first-order valence-corrected chi connectivity index (χ1v) is 12.8. The molecule has 4 unspecified atom stereocenters. The van der Waals surface area contributed by atoms with E-state index in [9.17, 15) is 9.59 Å². The second-order valence-electron chi connectivity index (χ2n) is 8.34. The fraction of sp³-hybridized carbons (Fsp3) is 0.920. The van der Waals surface area contributed by atoms with Crippen LogP contribution in [0.25, 0.3) is 0 Å². The first-order valence-electron chi connectivity index (χ1n) is 12.8. The van der Waals surface area contributed by atoms with Gasteiger partial charge in [0.05, 0.1) is 12.1 Å². The zero-order valence-corrected chi connectivity index (χ0v) is 22.5. The number of ketones is 2. The van der Waals surface area contributed by atoms with E-state index >= 15 is 0 Å². The molecule has 0 aromatic heterocycles. The average Bonchev–Trinajstić information content (AvgIpc) is 3.33. The largest absolute Gasteiger partial charge is 0.298 e. The number of carbonyl (C=O) groups excluding carboxylic acids is 2. The summed E-state index contributed by atoms with van der Waals surface area (Å²) in [5.41, 5.74) is 6.56. The minimum Gasteiger partial charge on any atom is -0.298 e. The molecule has 6 nitrogen and oxygen atoms in total. The summed E-state index contributed by atoms with van der Waals surface area (Å²) < 4.78 is 0. The number of hydrazine groups is 2. The number of Topliss-reactive ketones (excluding diaryl/α,β-unsaturated/α-hetero) is 2. The van der Waals surface area contributed by atoms with Gasteiger partial charge in [-0.2, -0.15) is 0 Å². The lowest BCUT2D eigenvalue weighted by atomic mass is 9.97. The highest BCUT2D eigenvalue weighted by atomic mass is 16.1. The van der Waals surface area contributed by atoms with Crippen LogP contribution in [0.4, 0.5) is 0 Å². The minimum absolute atomic E-state index is 0.0801. The van der Waals surface area contributed by atoms with Crippen LogP contribution in [-0.4, -0.2) is 59.8 Å². The molecule has 2 heterocycles. The zero-order valence-electron chi connectivity index (χ0n) is 22.5. The Kier molecular flexibility index (Phi) is 19.5. The van der Waals surface area contributed by atoms with E-state index in [2.05, 4.69) is 36.6 Å². The van der Waals surface area contributed by atoms with Crippen molar-refractivity contribution in [1.29, 1.82) is 0 Å². The molecule has 2 N–H and O–H groups in total. The Balaban J connectivity index is 0. The molecular formula is C25H54N4O2. The van der Waals surface area contributed by atoms with Gasteiger partial charge in [-0.05, 0) is 32.1 Å². The number of nitrogens with zero attached hydrogens (tertiary/aromatic N) is 2. The van der Waals surface area contributed by atoms with E-state index in [-0.39, 0.29) is 18.0 Å². The van der Waals surface area contributed by atoms with E-state index in [0.717, 1.165) is 25.7 Å². The van der Waals surface area contributed by atoms with Crippen LogP contribution in [0, 0.1) is 5.92 Å². The first kappa shape index (κ1) is 32.4. The first-order chi connectivity index (χ1) is 14.7. The van der Waals surface area contributed by atoms with E-state index in [1.165, 1.54) is 12.8 Å². The average molecular weight is 443 g/mol. The molecule has 0 aliphatic carbocycles. The monoisotopic (exact) mass is 442 g/mol. The van der Waals surface area contributed by atoms with Crippen LogP contribution in [0.3, 0.4) is 0 Å². The Labute approximate surface area is 193 Å². The van der Waals surface area contributed by atoms with E-state index < -0.39 is 0 Å². The van der Waals surface area contributed by atoms with Gasteiger partial charge in [0, 0.05) is 38.5 Å². The molecule has 186 valence electrons. The fourth-order valence-electron chi connectivity index (χ4n) is 3.91. The van der Waals surface area contributed by atoms with Crippen LogP contribution in [0.5, 0.6) is 0 Å². The standard InChI is InChI=1S/C11H22N2O.C10H20N2O.2C2H6/c1-4-6-9-8-10(12-13(9)3)11(14)7-5-2;1-5-8-6-9(12(4)11-8)10(13)7(2)3;2*1-2/h9-10,12H,4-8H2,1-3H3;7-9,11H,5-6H2,1-4H3;2*1-2H3. The molecule has 0 saturated carbocycles. The van der Waals surface area contributed by atoms with Crippen LogP contribution in [-0.2, 0) is 9.59 Å². The molecule has 2 fully saturated rings. The minimum atomic E-state index is 0.0801. The maximum Gasteiger partial charge on any atom is 0.153 e. The van der Waals surface area contributed by atoms with Gasteiger partial charge in [-0.25, -0.2) is 15.4 Å². The normalized spacial score (nSPS) is 25.7. The van der Waals surface area contributed by atoms with Gasteiger partial charge in [0.15, 0.2) is 11.6 Å². The quantitative estimate of drug-likeness (QED) is 0.552. The Morgan fingerprint density at radius 1 is 0.903 bits per heavy atom. The molecule has 0 spiro atoms. The maximum absolute atomic E-state index is 11.7. The summed E-state index contributed by atoms with van der Waals surface area (Å²) >= 11 is 0. The van der Waals surface area contributed by atoms with Gasteiger partial charge < -0.3 is 0 Å². The molecule has 4 atom stereocenters. The summed E-state index contributed by atoms with van der Waals surface area (Å²) in [7, 11) is 4.00. The Hall–Kier alpha value is -0.820. The number of hydrogen-bond donors (Lipinski definition) is 2. The number of hydrogen-bond acceptors (Lipinski definition) is 6. The fourth-order valence-corrected chi connectivity index (χ4v) is 3.91. The highest BCUT2D eigenvalue weighted by molar-refractivity contribution is 5.86. The summed E-state index contributed by atoms with van der Waals surface area (Å²) in [5.74, 6) is 0.869. The highest BCUT2D eigenvalue weighted by Gasteiger charge is 2.34. The van der Waals surface area contributed by atoms with Crippen molar-refractivity contribution >= 4 is 11.6 Å². The summed E-state index contributed by atoms with van der Waals surface area (Å²) in [6.45, 7) is 18.3. The second-order valence-corrected chi connectivity index (χ2v) is 8.34. The third-order valence-electron chi connectivity index (χ3n) is 5.67. The zero-order chi connectivity index (χ0) is 24.6. The molecule has 2 aliphatic rings. The lowest BCUT2D eigenvalue weighted by molar-refractivity contribution is -0.126. The topological polar surface area (TPSA) is 64.7 Å². The van der Waals surface area contributed by atoms with Crippen LogP contribution in [0.15, 0.2) is 0 Å². The molecule has 2 rings (SSSR count). The molecule has 31 heavy (non-hydrogen) atoms. The van der Waals surface area contributed by atoms with Crippen molar-refractivity contribution in [1.82, 2.24) is 20.9 Å². The predicted octanol–water partition coefficient (Wildman–Crippen LogP) is 4.98. The van der Waals surface area contributed by atoms with Crippen molar-refractivity contribution < 1.29 is 9.59 Å². The molecule has 0 bridgehead atoms. The Bertz CT molecular complexity index is 470. The van der Waals surface area contributed by atoms with Crippen LogP contribution in [0.2, 0.25) is 0 Å². The SMILES string of the molecule is CC.CC.CCC1CC(C(=O)C(C)C)N(C)N1.CCCC(=O)C1CC(CCC)N(C)N1. The summed E-state index contributed by atoms with van der Waals surface area (Å²) in [6.07, 6.45) is 7.08. The van der Waals surface area contributed by atoms with Crippen molar-refractivity contribution in [2.75, 3.05) is 14.1 Å². The van der Waals surface area contributed by atoms with Gasteiger partial charge in [-0.15, -0.1) is 0 Å². The third-order valence-corrected chi connectivity index (χ3v) is 5.67. The van der Waals surface area contributed by atoms with Crippen molar-refractivity contribution in [2.24, 2.45) is 5.92 Å². The number of rotatable bonds is 8. The van der Waals surface area contributed by atoms with Gasteiger partial charge in [-0.3, -0.25) is 15.0 Å². The summed E-state index contributed by atoms with van der Waals surface area (Å²) in [4.78, 5) is 23.4. The molecule has 0 aromatic rings. The number of carbonyl (C=O) groups is 2. The van der Waals surface area contributed by atoms with E-state index in [1.54, 1.807) is 0 Å². The van der Waals surface area contributed by atoms with Crippen LogP contribution < -0.4 is 10.9 Å². The Morgan fingerprint density at radius 3 is 1.90 bits per heavy atom. The van der Waals surface area contributed by atoms with Crippen LogP contribution in [0.1, 0.15) is 107 Å². The predicted molar refractivity (Wildman–Crippen MR) is 134 cm³/mol. The molecule has 0 aromatic carbocycles. The summed E-state index contributed by atoms with van der Waals surface area (Å²) in [6, 6.07) is 1.20. The third kappa shape index (κ3) is 11.6. The second kappa shape index (κ2) is 18.7. The molecule has 0 amide bonds. The maximum atomic E-state index is 11.7. The van der Waals surface area contributed by atoms with Crippen molar-refractivity contribution in [3.05, 3.63) is 0 Å². The van der Waals surface area contributed by atoms with Gasteiger partial charge in [-0.1, -0.05) is 68.7 Å². The molecule has 0 radical (unpaired) electrons. The van der Waals surface area contributed by atoms with E-state index in [1.807, 2.05) is 60.6 Å². The van der Waals surface area contributed by atoms with Crippen molar-refractivity contribution in [2.45, 2.75) is 131 Å². The smallest absolute Gasteiger partial charge is 0.153 e. The number of likely N-dealkylation sites (N-methyl/N-ethyl adjacent to an activating group) is 1. The summed E-state index contributed by atoms with van der Waals surface area (Å²) in [5, 5.41) is 4.08. The van der Waals surface area contributed by atoms with Crippen LogP contribution >= 0.6 is 0 Å². The Morgan fingerprint density at radius 2 is 1.48 bits per heavy atom. The van der Waals surface area contributed by atoms with Crippen molar-refractivity contribution in [3.8, 4) is 0 Å². The van der Waals surface area contributed by atoms with Crippen molar-refractivity contribution in [3.63, 3.8) is 0 Å². The highest BCUT2D eigenvalue weighted by Crippen LogP contribution is 2.19. The van der Waals surface area contributed by atoms with Gasteiger partial charge in [0.2, 0.25) is 0 Å². The van der Waals surface area contributed by atoms with Gasteiger partial charge >= 0.3 is 0 Å². The van der Waals surface area contributed by atoms with E-state index in [4.69, 9.17) is 0 Å². The molecule has 2 saturated heterocycles. The van der Waals surface area contributed by atoms with Gasteiger partial charge in [0.25, 0.3) is 0 Å². The number of nitrogens with one attached hydrogen (secondary N) is 2. The molecule has 6 heteroatoms. The molecular weight excluding hydrogens is 388 g/mol. The lowest BCUT2D eigenvalue weighted by Crippen LogP contribution is -2.40. The van der Waals surface area contributed by atoms with Gasteiger partial charge in [0.1, 0.15) is 0 Å². The van der Waals surface area contributed by atoms with E-state index in [0.29, 0.717) is 30.1 Å². The lowest BCUT2D eigenvalue weighted by Gasteiger charge is -2.19. The molecule has 2 aliphatic heterocycles.